The predicted octanol–water partition coefficient (Wildman–Crippen LogP) is 1.84. The zero-order chi connectivity index (χ0) is 16.2. The van der Waals surface area contributed by atoms with Crippen molar-refractivity contribution < 1.29 is 9.53 Å². The summed E-state index contributed by atoms with van der Waals surface area (Å²) in [6.07, 6.45) is 0.697. The molecule has 1 aromatic heterocycles. The van der Waals surface area contributed by atoms with E-state index in [1.54, 1.807) is 25.3 Å². The van der Waals surface area contributed by atoms with Gasteiger partial charge in [-0.15, -0.1) is 0 Å². The highest BCUT2D eigenvalue weighted by atomic mass is 16.5. The fourth-order valence-electron chi connectivity index (χ4n) is 2.49. The van der Waals surface area contributed by atoms with E-state index in [0.29, 0.717) is 29.6 Å². The number of fused-ring (bicyclic) bond motifs is 1. The van der Waals surface area contributed by atoms with Gasteiger partial charge in [-0.2, -0.15) is 0 Å². The van der Waals surface area contributed by atoms with Gasteiger partial charge in [-0.05, 0) is 36.2 Å². The molecule has 0 unspecified atom stereocenters. The van der Waals surface area contributed by atoms with E-state index in [9.17, 15) is 9.59 Å². The SMILES string of the molecule is COc1cccc(CCNC(=O)c2cccc3[nH]c(=O)[nH]c23)c1. The van der Waals surface area contributed by atoms with Crippen LogP contribution in [0.4, 0.5) is 0 Å². The standard InChI is InChI=1S/C17H17N3O3/c1-23-12-5-2-4-11(10-12)8-9-18-16(21)13-6-3-7-14-15(13)20-17(22)19-14/h2-7,10H,8-9H2,1H3,(H,18,21)(H2,19,20,22). The number of hydrogen-bond donors (Lipinski definition) is 3. The highest BCUT2D eigenvalue weighted by molar-refractivity contribution is 6.04. The number of hydrogen-bond acceptors (Lipinski definition) is 3. The van der Waals surface area contributed by atoms with Crippen LogP contribution in [0, 0.1) is 0 Å². The molecule has 0 atom stereocenters. The van der Waals surface area contributed by atoms with Gasteiger partial charge >= 0.3 is 5.69 Å². The Labute approximate surface area is 132 Å². The van der Waals surface area contributed by atoms with Crippen molar-refractivity contribution in [2.45, 2.75) is 6.42 Å². The van der Waals surface area contributed by atoms with Crippen molar-refractivity contribution in [2.24, 2.45) is 0 Å². The zero-order valence-corrected chi connectivity index (χ0v) is 12.7. The van der Waals surface area contributed by atoms with Crippen LogP contribution in [0.1, 0.15) is 15.9 Å². The normalized spacial score (nSPS) is 10.7. The van der Waals surface area contributed by atoms with Gasteiger partial charge in [-0.3, -0.25) is 4.79 Å². The average molecular weight is 311 g/mol. The highest BCUT2D eigenvalue weighted by Gasteiger charge is 2.11. The number of methoxy groups -OCH3 is 1. The lowest BCUT2D eigenvalue weighted by atomic mass is 10.1. The summed E-state index contributed by atoms with van der Waals surface area (Å²) in [5.74, 6) is 0.581. The van der Waals surface area contributed by atoms with Gasteiger partial charge in [0.15, 0.2) is 0 Å². The molecule has 0 saturated carbocycles. The molecule has 0 aliphatic heterocycles. The number of benzene rings is 2. The van der Waals surface area contributed by atoms with Crippen LogP contribution in [-0.4, -0.2) is 29.5 Å². The van der Waals surface area contributed by atoms with Crippen LogP contribution in [0.2, 0.25) is 0 Å². The quantitative estimate of drug-likeness (QED) is 0.672. The van der Waals surface area contributed by atoms with Gasteiger partial charge in [0, 0.05) is 6.54 Å². The van der Waals surface area contributed by atoms with Crippen LogP contribution in [0.5, 0.6) is 5.75 Å². The minimum atomic E-state index is -0.323. The molecule has 118 valence electrons. The summed E-state index contributed by atoms with van der Waals surface area (Å²) in [4.78, 5) is 29.0. The number of aromatic nitrogens is 2. The summed E-state index contributed by atoms with van der Waals surface area (Å²) >= 11 is 0. The maximum absolute atomic E-state index is 12.3. The Morgan fingerprint density at radius 2 is 2.00 bits per heavy atom. The van der Waals surface area contributed by atoms with E-state index in [1.807, 2.05) is 24.3 Å². The second-order valence-electron chi connectivity index (χ2n) is 5.16. The lowest BCUT2D eigenvalue weighted by Gasteiger charge is -2.07. The smallest absolute Gasteiger partial charge is 0.323 e. The predicted molar refractivity (Wildman–Crippen MR) is 88.0 cm³/mol. The molecule has 0 fully saturated rings. The number of imidazole rings is 1. The first kappa shape index (κ1) is 14.9. The number of H-pyrrole nitrogens is 2. The molecular weight excluding hydrogens is 294 g/mol. The Morgan fingerprint density at radius 1 is 1.17 bits per heavy atom. The van der Waals surface area contributed by atoms with E-state index in [-0.39, 0.29) is 11.6 Å². The highest BCUT2D eigenvalue weighted by Crippen LogP contribution is 2.14. The van der Waals surface area contributed by atoms with Crippen molar-refractivity contribution in [3.05, 3.63) is 64.1 Å². The van der Waals surface area contributed by atoms with Gasteiger partial charge in [0.2, 0.25) is 0 Å². The Kier molecular flexibility index (Phi) is 4.14. The van der Waals surface area contributed by atoms with Crippen LogP contribution in [0.15, 0.2) is 47.3 Å². The molecule has 1 amide bonds. The van der Waals surface area contributed by atoms with Crippen LogP contribution >= 0.6 is 0 Å². The average Bonchev–Trinajstić information content (AvgIpc) is 2.95. The van der Waals surface area contributed by atoms with Crippen LogP contribution in [-0.2, 0) is 6.42 Å². The van der Waals surface area contributed by atoms with Gasteiger partial charge in [-0.25, -0.2) is 4.79 Å². The number of carbonyl (C=O) groups excluding carboxylic acids is 1. The van der Waals surface area contributed by atoms with E-state index in [4.69, 9.17) is 4.74 Å². The topological polar surface area (TPSA) is 87.0 Å². The van der Waals surface area contributed by atoms with E-state index in [2.05, 4.69) is 15.3 Å². The molecule has 3 rings (SSSR count). The molecule has 6 heteroatoms. The molecule has 0 spiro atoms. The molecule has 23 heavy (non-hydrogen) atoms. The molecule has 0 radical (unpaired) electrons. The monoisotopic (exact) mass is 311 g/mol. The molecule has 0 aliphatic carbocycles. The third-order valence-corrected chi connectivity index (χ3v) is 3.63. The van der Waals surface area contributed by atoms with Gasteiger partial charge in [0.25, 0.3) is 5.91 Å². The maximum atomic E-state index is 12.3. The molecule has 2 aromatic carbocycles. The van der Waals surface area contributed by atoms with E-state index >= 15 is 0 Å². The van der Waals surface area contributed by atoms with Crippen molar-refractivity contribution in [1.82, 2.24) is 15.3 Å². The van der Waals surface area contributed by atoms with E-state index in [1.165, 1.54) is 0 Å². The van der Waals surface area contributed by atoms with Crippen molar-refractivity contribution in [1.29, 1.82) is 0 Å². The van der Waals surface area contributed by atoms with Crippen molar-refractivity contribution in [3.8, 4) is 5.75 Å². The molecule has 1 heterocycles. The summed E-state index contributed by atoms with van der Waals surface area (Å²) in [7, 11) is 1.62. The Morgan fingerprint density at radius 3 is 2.83 bits per heavy atom. The molecule has 3 aromatic rings. The Balaban J connectivity index is 1.68. The minimum Gasteiger partial charge on any atom is -0.497 e. The lowest BCUT2D eigenvalue weighted by Crippen LogP contribution is -2.26. The Bertz CT molecular complexity index is 895. The fourth-order valence-corrected chi connectivity index (χ4v) is 2.49. The first-order valence-corrected chi connectivity index (χ1v) is 7.29. The summed E-state index contributed by atoms with van der Waals surface area (Å²) in [5, 5.41) is 2.87. The first-order valence-electron chi connectivity index (χ1n) is 7.29. The number of ether oxygens (including phenoxy) is 1. The lowest BCUT2D eigenvalue weighted by molar-refractivity contribution is 0.0955. The maximum Gasteiger partial charge on any atom is 0.323 e. The summed E-state index contributed by atoms with van der Waals surface area (Å²) in [6, 6.07) is 12.9. The number of rotatable bonds is 5. The summed E-state index contributed by atoms with van der Waals surface area (Å²) in [6.45, 7) is 0.497. The van der Waals surface area contributed by atoms with Crippen LogP contribution in [0.3, 0.4) is 0 Å². The second kappa shape index (κ2) is 6.39. The number of para-hydroxylation sites is 1. The minimum absolute atomic E-state index is 0.214. The summed E-state index contributed by atoms with van der Waals surface area (Å²) < 4.78 is 5.18. The number of aromatic amines is 2. The second-order valence-corrected chi connectivity index (χ2v) is 5.16. The molecular formula is C17H17N3O3. The molecule has 6 nitrogen and oxygen atoms in total. The third kappa shape index (κ3) is 3.26. The van der Waals surface area contributed by atoms with Gasteiger partial charge in [0.1, 0.15) is 5.75 Å². The summed E-state index contributed by atoms with van der Waals surface area (Å²) in [5.41, 5.74) is 2.35. The molecule has 3 N–H and O–H groups in total. The van der Waals surface area contributed by atoms with Gasteiger partial charge in [0.05, 0.1) is 23.7 Å². The van der Waals surface area contributed by atoms with Gasteiger partial charge in [-0.1, -0.05) is 18.2 Å². The molecule has 0 bridgehead atoms. The van der Waals surface area contributed by atoms with Crippen molar-refractivity contribution in [3.63, 3.8) is 0 Å². The van der Waals surface area contributed by atoms with E-state index < -0.39 is 0 Å². The Hall–Kier alpha value is -3.02. The molecule has 0 aliphatic rings. The number of amides is 1. The van der Waals surface area contributed by atoms with Crippen LogP contribution < -0.4 is 15.7 Å². The largest absolute Gasteiger partial charge is 0.497 e. The first-order chi connectivity index (χ1) is 11.2. The van der Waals surface area contributed by atoms with Crippen LogP contribution in [0.25, 0.3) is 11.0 Å². The van der Waals surface area contributed by atoms with Crippen molar-refractivity contribution in [2.75, 3.05) is 13.7 Å². The fraction of sp³-hybridized carbons (Fsp3) is 0.176. The molecule has 0 saturated heterocycles. The zero-order valence-electron chi connectivity index (χ0n) is 12.7. The van der Waals surface area contributed by atoms with Crippen molar-refractivity contribution >= 4 is 16.9 Å². The van der Waals surface area contributed by atoms with E-state index in [0.717, 1.165) is 11.3 Å². The number of nitrogens with one attached hydrogen (secondary N) is 3. The third-order valence-electron chi connectivity index (χ3n) is 3.63. The van der Waals surface area contributed by atoms with Gasteiger partial charge < -0.3 is 20.0 Å². The number of carbonyl (C=O) groups is 1.